The van der Waals surface area contributed by atoms with Crippen LogP contribution in [0.15, 0.2) is 36.5 Å². The molecule has 0 atom stereocenters. The SMILES string of the molecule is CN1CCN(c2ccc(-c3nc4ccc(C(=O)O)cc4s3)cn2)CC1. The van der Waals surface area contributed by atoms with E-state index in [9.17, 15) is 4.79 Å². The third kappa shape index (κ3) is 3.20. The van der Waals surface area contributed by atoms with E-state index >= 15 is 0 Å². The van der Waals surface area contributed by atoms with Gasteiger partial charge in [0.05, 0.1) is 15.8 Å². The van der Waals surface area contributed by atoms with Crippen molar-refractivity contribution in [1.82, 2.24) is 14.9 Å². The number of pyridine rings is 1. The van der Waals surface area contributed by atoms with Crippen LogP contribution in [0.25, 0.3) is 20.8 Å². The van der Waals surface area contributed by atoms with Crippen LogP contribution in [0.4, 0.5) is 5.82 Å². The Kier molecular flexibility index (Phi) is 4.10. The lowest BCUT2D eigenvalue weighted by Gasteiger charge is -2.33. The molecule has 0 radical (unpaired) electrons. The van der Waals surface area contributed by atoms with E-state index < -0.39 is 5.97 Å². The highest BCUT2D eigenvalue weighted by molar-refractivity contribution is 7.21. The summed E-state index contributed by atoms with van der Waals surface area (Å²) in [5, 5.41) is 9.96. The largest absolute Gasteiger partial charge is 0.478 e. The van der Waals surface area contributed by atoms with Gasteiger partial charge < -0.3 is 14.9 Å². The summed E-state index contributed by atoms with van der Waals surface area (Å²) in [5.74, 6) is 0.0705. The minimum atomic E-state index is -0.921. The molecule has 6 nitrogen and oxygen atoms in total. The van der Waals surface area contributed by atoms with E-state index in [1.807, 2.05) is 18.3 Å². The molecule has 1 N–H and O–H groups in total. The smallest absolute Gasteiger partial charge is 0.335 e. The number of carboxylic acids is 1. The predicted molar refractivity (Wildman–Crippen MR) is 99.5 cm³/mol. The summed E-state index contributed by atoms with van der Waals surface area (Å²) < 4.78 is 0.873. The monoisotopic (exact) mass is 354 g/mol. The lowest BCUT2D eigenvalue weighted by atomic mass is 10.2. The molecular weight excluding hydrogens is 336 g/mol. The summed E-state index contributed by atoms with van der Waals surface area (Å²) in [4.78, 5) is 24.9. The average molecular weight is 354 g/mol. The van der Waals surface area contributed by atoms with Gasteiger partial charge in [0.2, 0.25) is 0 Å². The number of likely N-dealkylation sites (N-methyl/N-ethyl adjacent to an activating group) is 1. The number of benzene rings is 1. The van der Waals surface area contributed by atoms with Crippen molar-refractivity contribution in [1.29, 1.82) is 0 Å². The van der Waals surface area contributed by atoms with Crippen LogP contribution < -0.4 is 4.90 Å². The second-order valence-corrected chi connectivity index (χ2v) is 7.23. The zero-order chi connectivity index (χ0) is 17.4. The molecule has 1 aliphatic heterocycles. The predicted octanol–water partition coefficient (Wildman–Crippen LogP) is 2.81. The standard InChI is InChI=1S/C18H18N4O2S/c1-21-6-8-22(9-7-21)16-5-3-13(11-19-16)17-20-14-4-2-12(18(23)24)10-15(14)25-17/h2-5,10-11H,6-9H2,1H3,(H,23,24). The van der Waals surface area contributed by atoms with Crippen molar-refractivity contribution >= 4 is 33.3 Å². The van der Waals surface area contributed by atoms with Gasteiger partial charge in [-0.3, -0.25) is 0 Å². The number of hydrogen-bond acceptors (Lipinski definition) is 6. The Labute approximate surface area is 149 Å². The highest BCUT2D eigenvalue weighted by atomic mass is 32.1. The highest BCUT2D eigenvalue weighted by Crippen LogP contribution is 2.31. The molecule has 3 heterocycles. The van der Waals surface area contributed by atoms with Crippen LogP contribution in [0.5, 0.6) is 0 Å². The summed E-state index contributed by atoms with van der Waals surface area (Å²) >= 11 is 1.49. The Morgan fingerprint density at radius 1 is 1.16 bits per heavy atom. The van der Waals surface area contributed by atoms with E-state index in [0.29, 0.717) is 0 Å². The number of anilines is 1. The summed E-state index contributed by atoms with van der Waals surface area (Å²) in [7, 11) is 2.14. The van der Waals surface area contributed by atoms with Crippen LogP contribution in [0.1, 0.15) is 10.4 Å². The van der Waals surface area contributed by atoms with E-state index in [1.54, 1.807) is 18.2 Å². The molecule has 0 unspecified atom stereocenters. The molecule has 1 aliphatic rings. The van der Waals surface area contributed by atoms with Gasteiger partial charge in [-0.05, 0) is 37.4 Å². The van der Waals surface area contributed by atoms with Crippen molar-refractivity contribution in [2.75, 3.05) is 38.1 Å². The average Bonchev–Trinajstić information content (AvgIpc) is 3.05. The van der Waals surface area contributed by atoms with E-state index in [0.717, 1.165) is 52.8 Å². The van der Waals surface area contributed by atoms with Gasteiger partial charge in [0.25, 0.3) is 0 Å². The molecule has 128 valence electrons. The summed E-state index contributed by atoms with van der Waals surface area (Å²) in [5.41, 5.74) is 2.05. The van der Waals surface area contributed by atoms with Crippen molar-refractivity contribution in [3.8, 4) is 10.6 Å². The molecule has 1 fully saturated rings. The number of aromatic nitrogens is 2. The fourth-order valence-electron chi connectivity index (χ4n) is 2.92. The zero-order valence-electron chi connectivity index (χ0n) is 13.8. The zero-order valence-corrected chi connectivity index (χ0v) is 14.7. The van der Waals surface area contributed by atoms with Crippen LogP contribution in [0, 0.1) is 0 Å². The van der Waals surface area contributed by atoms with E-state index in [2.05, 4.69) is 26.8 Å². The maximum absolute atomic E-state index is 11.1. The molecule has 0 saturated carbocycles. The molecular formula is C18H18N4O2S. The van der Waals surface area contributed by atoms with Gasteiger partial charge in [0.1, 0.15) is 10.8 Å². The fraction of sp³-hybridized carbons (Fsp3) is 0.278. The quantitative estimate of drug-likeness (QED) is 0.780. The number of hydrogen-bond donors (Lipinski definition) is 1. The van der Waals surface area contributed by atoms with Gasteiger partial charge in [-0.25, -0.2) is 14.8 Å². The van der Waals surface area contributed by atoms with Crippen molar-refractivity contribution in [2.45, 2.75) is 0 Å². The van der Waals surface area contributed by atoms with Crippen LogP contribution in [-0.2, 0) is 0 Å². The Hall–Kier alpha value is -2.51. The van der Waals surface area contributed by atoms with Gasteiger partial charge >= 0.3 is 5.97 Å². The van der Waals surface area contributed by atoms with Gasteiger partial charge in [-0.2, -0.15) is 0 Å². The first-order chi connectivity index (χ1) is 12.1. The van der Waals surface area contributed by atoms with Crippen LogP contribution in [-0.4, -0.2) is 59.2 Å². The third-order valence-corrected chi connectivity index (χ3v) is 5.52. The lowest BCUT2D eigenvalue weighted by molar-refractivity contribution is 0.0697. The van der Waals surface area contributed by atoms with E-state index in [1.165, 1.54) is 11.3 Å². The van der Waals surface area contributed by atoms with Crippen LogP contribution in [0.2, 0.25) is 0 Å². The maximum atomic E-state index is 11.1. The van der Waals surface area contributed by atoms with Crippen LogP contribution >= 0.6 is 11.3 Å². The van der Waals surface area contributed by atoms with Crippen LogP contribution in [0.3, 0.4) is 0 Å². The molecule has 25 heavy (non-hydrogen) atoms. The molecule has 7 heteroatoms. The number of thiazole rings is 1. The van der Waals surface area contributed by atoms with Gasteiger partial charge in [-0.1, -0.05) is 0 Å². The van der Waals surface area contributed by atoms with Crippen molar-refractivity contribution in [3.63, 3.8) is 0 Å². The summed E-state index contributed by atoms with van der Waals surface area (Å²) in [6.45, 7) is 4.07. The van der Waals surface area contributed by atoms with Gasteiger partial charge in [0.15, 0.2) is 0 Å². The normalized spacial score (nSPS) is 15.6. The number of nitrogens with zero attached hydrogens (tertiary/aromatic N) is 4. The number of fused-ring (bicyclic) bond motifs is 1. The Bertz CT molecular complexity index is 914. The van der Waals surface area contributed by atoms with Crippen molar-refractivity contribution < 1.29 is 9.90 Å². The molecule has 0 bridgehead atoms. The number of carbonyl (C=O) groups is 1. The highest BCUT2D eigenvalue weighted by Gasteiger charge is 2.16. The number of rotatable bonds is 3. The summed E-state index contributed by atoms with van der Waals surface area (Å²) in [6, 6.07) is 9.09. The summed E-state index contributed by atoms with van der Waals surface area (Å²) in [6.07, 6.45) is 1.85. The maximum Gasteiger partial charge on any atom is 0.335 e. The molecule has 1 aromatic carbocycles. The molecule has 3 aromatic rings. The fourth-order valence-corrected chi connectivity index (χ4v) is 3.91. The molecule has 2 aromatic heterocycles. The van der Waals surface area contributed by atoms with E-state index in [-0.39, 0.29) is 5.56 Å². The van der Waals surface area contributed by atoms with Crippen molar-refractivity contribution in [3.05, 3.63) is 42.1 Å². The molecule has 0 spiro atoms. The molecule has 0 aliphatic carbocycles. The second kappa shape index (κ2) is 6.42. The topological polar surface area (TPSA) is 69.6 Å². The second-order valence-electron chi connectivity index (χ2n) is 6.20. The molecule has 4 rings (SSSR count). The van der Waals surface area contributed by atoms with E-state index in [4.69, 9.17) is 5.11 Å². The molecule has 1 saturated heterocycles. The Morgan fingerprint density at radius 3 is 2.64 bits per heavy atom. The Morgan fingerprint density at radius 2 is 1.96 bits per heavy atom. The van der Waals surface area contributed by atoms with Crippen molar-refractivity contribution in [2.24, 2.45) is 0 Å². The Balaban J connectivity index is 1.59. The number of piperazine rings is 1. The first kappa shape index (κ1) is 16.0. The first-order valence-corrected chi connectivity index (χ1v) is 8.95. The first-order valence-electron chi connectivity index (χ1n) is 8.14. The third-order valence-electron chi connectivity index (χ3n) is 4.46. The lowest BCUT2D eigenvalue weighted by Crippen LogP contribution is -2.44. The minimum Gasteiger partial charge on any atom is -0.478 e. The molecule has 0 amide bonds. The minimum absolute atomic E-state index is 0.284. The van der Waals surface area contributed by atoms with Gasteiger partial charge in [0, 0.05) is 37.9 Å². The number of carboxylic acid groups (broad SMARTS) is 1. The number of aromatic carboxylic acids is 1. The van der Waals surface area contributed by atoms with Gasteiger partial charge in [-0.15, -0.1) is 11.3 Å².